The molecule has 2 rings (SSSR count). The number of carbonyl (C=O) groups is 3. The number of likely N-dealkylation sites (N-methyl/N-ethyl adjacent to an activating group) is 1. The van der Waals surface area contributed by atoms with Crippen molar-refractivity contribution < 1.29 is 14.4 Å². The van der Waals surface area contributed by atoms with Crippen LogP contribution in [-0.2, 0) is 9.59 Å². The zero-order valence-corrected chi connectivity index (χ0v) is 11.6. The first-order valence-corrected chi connectivity index (χ1v) is 6.86. The molecule has 2 aliphatic rings. The van der Waals surface area contributed by atoms with Crippen LogP contribution < -0.4 is 0 Å². The van der Waals surface area contributed by atoms with Gasteiger partial charge in [-0.05, 0) is 25.2 Å². The summed E-state index contributed by atoms with van der Waals surface area (Å²) in [4.78, 5) is 39.8. The van der Waals surface area contributed by atoms with Crippen LogP contribution in [0.3, 0.4) is 0 Å². The van der Waals surface area contributed by atoms with Gasteiger partial charge in [-0.25, -0.2) is 4.79 Å². The van der Waals surface area contributed by atoms with Crippen molar-refractivity contribution in [2.75, 3.05) is 33.2 Å². The van der Waals surface area contributed by atoms with Gasteiger partial charge in [0.25, 0.3) is 5.91 Å². The zero-order valence-electron chi connectivity index (χ0n) is 11.6. The molecule has 19 heavy (non-hydrogen) atoms. The second-order valence-electron chi connectivity index (χ2n) is 5.40. The highest BCUT2D eigenvalue weighted by Gasteiger charge is 2.36. The first kappa shape index (κ1) is 13.8. The van der Waals surface area contributed by atoms with Crippen LogP contribution in [0.4, 0.5) is 4.79 Å². The minimum Gasteiger partial charge on any atom is -0.341 e. The zero-order chi connectivity index (χ0) is 14.0. The number of urea groups is 1. The number of hydrogen-bond donors (Lipinski definition) is 0. The highest BCUT2D eigenvalue weighted by Crippen LogP contribution is 2.29. The summed E-state index contributed by atoms with van der Waals surface area (Å²) in [6.07, 6.45) is 3.25. The van der Waals surface area contributed by atoms with Crippen LogP contribution in [0.1, 0.15) is 26.2 Å². The molecule has 0 aromatic heterocycles. The maximum atomic E-state index is 12.2. The summed E-state index contributed by atoms with van der Waals surface area (Å²) in [5, 5.41) is 0. The first-order chi connectivity index (χ1) is 9.02. The molecule has 4 amide bonds. The lowest BCUT2D eigenvalue weighted by Gasteiger charge is -2.24. The largest absolute Gasteiger partial charge is 0.341 e. The fraction of sp³-hybridized carbons (Fsp3) is 0.769. The Morgan fingerprint density at radius 1 is 1.37 bits per heavy atom. The second kappa shape index (κ2) is 5.59. The van der Waals surface area contributed by atoms with Crippen molar-refractivity contribution >= 4 is 17.8 Å². The molecule has 1 aliphatic carbocycles. The molecule has 1 saturated carbocycles. The topological polar surface area (TPSA) is 60.9 Å². The van der Waals surface area contributed by atoms with Crippen molar-refractivity contribution in [3.05, 3.63) is 0 Å². The van der Waals surface area contributed by atoms with E-state index in [2.05, 4.69) is 0 Å². The third kappa shape index (κ3) is 3.24. The molecule has 0 N–H and O–H groups in total. The molecule has 1 saturated heterocycles. The average Bonchev–Trinajstić information content (AvgIpc) is 3.14. The van der Waals surface area contributed by atoms with Crippen LogP contribution in [-0.4, -0.2) is 65.8 Å². The number of rotatable bonds is 6. The molecule has 0 bridgehead atoms. The van der Waals surface area contributed by atoms with Crippen LogP contribution in [0.25, 0.3) is 0 Å². The standard InChI is InChI=1S/C13H21N3O3/c1-3-6-15(7-10-4-5-10)11(17)9-16-12(18)8-14(2)13(16)19/h10H,3-9H2,1-2H3. The summed E-state index contributed by atoms with van der Waals surface area (Å²) >= 11 is 0. The summed E-state index contributed by atoms with van der Waals surface area (Å²) in [5.74, 6) is 0.206. The number of hydrogen-bond acceptors (Lipinski definition) is 3. The van der Waals surface area contributed by atoms with Crippen LogP contribution >= 0.6 is 0 Å². The Kier molecular flexibility index (Phi) is 4.07. The van der Waals surface area contributed by atoms with E-state index in [1.54, 1.807) is 11.9 Å². The van der Waals surface area contributed by atoms with E-state index in [1.807, 2.05) is 6.92 Å². The van der Waals surface area contributed by atoms with Crippen LogP contribution in [0.2, 0.25) is 0 Å². The van der Waals surface area contributed by atoms with Gasteiger partial charge in [0.05, 0.1) is 0 Å². The lowest BCUT2D eigenvalue weighted by atomic mass is 10.3. The normalized spacial score (nSPS) is 19.3. The van der Waals surface area contributed by atoms with E-state index in [9.17, 15) is 14.4 Å². The van der Waals surface area contributed by atoms with Gasteiger partial charge in [0.1, 0.15) is 13.1 Å². The van der Waals surface area contributed by atoms with E-state index in [1.165, 1.54) is 17.7 Å². The minimum absolute atomic E-state index is 0.0719. The number of amides is 4. The Hall–Kier alpha value is -1.59. The highest BCUT2D eigenvalue weighted by molar-refractivity contribution is 6.04. The predicted molar refractivity (Wildman–Crippen MR) is 69.3 cm³/mol. The fourth-order valence-electron chi connectivity index (χ4n) is 2.26. The fourth-order valence-corrected chi connectivity index (χ4v) is 2.26. The monoisotopic (exact) mass is 267 g/mol. The molecular weight excluding hydrogens is 246 g/mol. The minimum atomic E-state index is -0.374. The van der Waals surface area contributed by atoms with Crippen molar-refractivity contribution in [2.45, 2.75) is 26.2 Å². The Morgan fingerprint density at radius 2 is 2.05 bits per heavy atom. The van der Waals surface area contributed by atoms with Crippen molar-refractivity contribution in [3.8, 4) is 0 Å². The van der Waals surface area contributed by atoms with Crippen LogP contribution in [0, 0.1) is 5.92 Å². The van der Waals surface area contributed by atoms with Gasteiger partial charge in [-0.3, -0.25) is 14.5 Å². The van der Waals surface area contributed by atoms with Crippen molar-refractivity contribution in [3.63, 3.8) is 0 Å². The SMILES string of the molecule is CCCN(CC1CC1)C(=O)CN1C(=O)CN(C)C1=O. The summed E-state index contributed by atoms with van der Waals surface area (Å²) < 4.78 is 0. The van der Waals surface area contributed by atoms with Gasteiger partial charge in [-0.1, -0.05) is 6.92 Å². The summed E-state index contributed by atoms with van der Waals surface area (Å²) in [7, 11) is 1.57. The molecule has 0 spiro atoms. The van der Waals surface area contributed by atoms with E-state index in [4.69, 9.17) is 0 Å². The van der Waals surface area contributed by atoms with Crippen LogP contribution in [0.15, 0.2) is 0 Å². The van der Waals surface area contributed by atoms with E-state index < -0.39 is 0 Å². The summed E-state index contributed by atoms with van der Waals surface area (Å²) in [6, 6.07) is -0.374. The van der Waals surface area contributed by atoms with Crippen molar-refractivity contribution in [1.82, 2.24) is 14.7 Å². The highest BCUT2D eigenvalue weighted by atomic mass is 16.2. The number of imide groups is 1. The van der Waals surface area contributed by atoms with E-state index in [0.717, 1.165) is 17.9 Å². The molecule has 0 aromatic rings. The van der Waals surface area contributed by atoms with Gasteiger partial charge < -0.3 is 9.80 Å². The third-order valence-electron chi connectivity index (χ3n) is 3.55. The Balaban J connectivity index is 1.93. The molecular formula is C13H21N3O3. The lowest BCUT2D eigenvalue weighted by Crippen LogP contribution is -2.44. The molecule has 0 aromatic carbocycles. The Morgan fingerprint density at radius 3 is 2.53 bits per heavy atom. The van der Waals surface area contributed by atoms with Crippen molar-refractivity contribution in [1.29, 1.82) is 0 Å². The maximum absolute atomic E-state index is 12.2. The molecule has 106 valence electrons. The van der Waals surface area contributed by atoms with Gasteiger partial charge in [0, 0.05) is 20.1 Å². The lowest BCUT2D eigenvalue weighted by molar-refractivity contribution is -0.136. The first-order valence-electron chi connectivity index (χ1n) is 6.86. The average molecular weight is 267 g/mol. The number of carbonyl (C=O) groups excluding carboxylic acids is 3. The molecule has 2 fully saturated rings. The Bertz CT molecular complexity index is 393. The Labute approximate surface area is 113 Å². The van der Waals surface area contributed by atoms with Gasteiger partial charge in [-0.2, -0.15) is 0 Å². The molecule has 1 heterocycles. The third-order valence-corrected chi connectivity index (χ3v) is 3.55. The smallest absolute Gasteiger partial charge is 0.327 e. The van der Waals surface area contributed by atoms with Gasteiger partial charge in [0.15, 0.2) is 0 Å². The summed E-state index contributed by atoms with van der Waals surface area (Å²) in [5.41, 5.74) is 0. The molecule has 6 nitrogen and oxygen atoms in total. The van der Waals surface area contributed by atoms with E-state index in [-0.39, 0.29) is 30.9 Å². The second-order valence-corrected chi connectivity index (χ2v) is 5.40. The van der Waals surface area contributed by atoms with Gasteiger partial charge in [0.2, 0.25) is 5.91 Å². The molecule has 0 unspecified atom stereocenters. The summed E-state index contributed by atoms with van der Waals surface area (Å²) in [6.45, 7) is 3.44. The quantitative estimate of drug-likeness (QED) is 0.659. The van der Waals surface area contributed by atoms with Gasteiger partial charge in [-0.15, -0.1) is 0 Å². The van der Waals surface area contributed by atoms with E-state index >= 15 is 0 Å². The predicted octanol–water partition coefficient (Wildman–Crippen LogP) is 0.529. The van der Waals surface area contributed by atoms with Crippen molar-refractivity contribution in [2.24, 2.45) is 5.92 Å². The van der Waals surface area contributed by atoms with Crippen LogP contribution in [0.5, 0.6) is 0 Å². The maximum Gasteiger partial charge on any atom is 0.327 e. The molecule has 6 heteroatoms. The van der Waals surface area contributed by atoms with Gasteiger partial charge >= 0.3 is 6.03 Å². The molecule has 0 atom stereocenters. The number of nitrogens with zero attached hydrogens (tertiary/aromatic N) is 3. The molecule has 1 aliphatic heterocycles. The van der Waals surface area contributed by atoms with E-state index in [0.29, 0.717) is 12.5 Å². The molecule has 0 radical (unpaired) electrons.